The number of aromatic nitrogens is 1. The maximum atomic E-state index is 11.0. The molecule has 1 aliphatic carbocycles. The van der Waals surface area contributed by atoms with Crippen LogP contribution in [-0.2, 0) is 6.42 Å². The Morgan fingerprint density at radius 1 is 1.41 bits per heavy atom. The second-order valence-corrected chi connectivity index (χ2v) is 5.61. The minimum atomic E-state index is 0.676. The monoisotopic (exact) mass is 252 g/mol. The molecule has 0 amide bonds. The van der Waals surface area contributed by atoms with Crippen LogP contribution in [0.1, 0.15) is 54.9 Å². The highest BCUT2D eigenvalue weighted by atomic mass is 32.1. The smallest absolute Gasteiger partial charge is 0.186 e. The first-order valence-corrected chi connectivity index (χ1v) is 7.33. The summed E-state index contributed by atoms with van der Waals surface area (Å²) in [4.78, 5) is 18.9. The summed E-state index contributed by atoms with van der Waals surface area (Å²) in [6.07, 6.45) is 6.60. The van der Waals surface area contributed by atoms with Gasteiger partial charge in [-0.3, -0.25) is 4.79 Å². The van der Waals surface area contributed by atoms with Crippen molar-refractivity contribution >= 4 is 22.8 Å². The zero-order chi connectivity index (χ0) is 12.3. The molecule has 1 fully saturated rings. The van der Waals surface area contributed by atoms with Crippen molar-refractivity contribution in [3.63, 3.8) is 0 Å². The van der Waals surface area contributed by atoms with Gasteiger partial charge in [-0.2, -0.15) is 0 Å². The number of aldehydes is 1. The van der Waals surface area contributed by atoms with Gasteiger partial charge in [-0.15, -0.1) is 0 Å². The Balaban J connectivity index is 2.20. The number of carbonyl (C=O) groups excluding carboxylic acids is 1. The number of anilines is 1. The van der Waals surface area contributed by atoms with Crippen LogP contribution in [0.4, 0.5) is 5.13 Å². The molecule has 17 heavy (non-hydrogen) atoms. The van der Waals surface area contributed by atoms with Crippen LogP contribution in [0.2, 0.25) is 0 Å². The van der Waals surface area contributed by atoms with Gasteiger partial charge < -0.3 is 4.90 Å². The van der Waals surface area contributed by atoms with E-state index in [-0.39, 0.29) is 0 Å². The van der Waals surface area contributed by atoms with E-state index in [2.05, 4.69) is 23.7 Å². The summed E-state index contributed by atoms with van der Waals surface area (Å²) in [6, 6.07) is 0.676. The molecule has 0 radical (unpaired) electrons. The van der Waals surface area contributed by atoms with Gasteiger partial charge in [0, 0.05) is 12.6 Å². The molecule has 0 unspecified atom stereocenters. The minimum absolute atomic E-state index is 0.676. The number of rotatable bonds is 7. The van der Waals surface area contributed by atoms with Crippen molar-refractivity contribution in [2.24, 2.45) is 0 Å². The quantitative estimate of drug-likeness (QED) is 0.698. The van der Waals surface area contributed by atoms with Crippen LogP contribution in [0.3, 0.4) is 0 Å². The van der Waals surface area contributed by atoms with E-state index < -0.39 is 0 Å². The standard InChI is InChI=1S/C13H20N2OS/c1-3-5-11-12(9-16)17-13(14-11)15(8-4-2)10-6-7-10/h9-10H,3-8H2,1-2H3. The summed E-state index contributed by atoms with van der Waals surface area (Å²) >= 11 is 1.56. The Kier molecular flexibility index (Phi) is 4.15. The predicted octanol–water partition coefficient (Wildman–Crippen LogP) is 3.29. The molecule has 0 saturated heterocycles. The number of carbonyl (C=O) groups is 1. The third-order valence-corrected chi connectivity index (χ3v) is 4.07. The van der Waals surface area contributed by atoms with Crippen molar-refractivity contribution in [3.8, 4) is 0 Å². The van der Waals surface area contributed by atoms with Crippen molar-refractivity contribution in [2.45, 2.75) is 52.0 Å². The fraction of sp³-hybridized carbons (Fsp3) is 0.692. The normalized spacial score (nSPS) is 14.9. The third-order valence-electron chi connectivity index (χ3n) is 3.01. The molecule has 94 valence electrons. The van der Waals surface area contributed by atoms with Crippen LogP contribution >= 0.6 is 11.3 Å². The Bertz CT molecular complexity index is 385. The highest BCUT2D eigenvalue weighted by Crippen LogP contribution is 2.35. The van der Waals surface area contributed by atoms with E-state index >= 15 is 0 Å². The van der Waals surface area contributed by atoms with Crippen molar-refractivity contribution in [3.05, 3.63) is 10.6 Å². The van der Waals surface area contributed by atoms with Crippen LogP contribution in [0.15, 0.2) is 0 Å². The van der Waals surface area contributed by atoms with E-state index in [9.17, 15) is 4.79 Å². The molecule has 1 aromatic rings. The van der Waals surface area contributed by atoms with Gasteiger partial charge in [0.1, 0.15) is 0 Å². The average Bonchev–Trinajstić information content (AvgIpc) is 3.08. The molecule has 0 spiro atoms. The number of thiazole rings is 1. The molecule has 2 rings (SSSR count). The summed E-state index contributed by atoms with van der Waals surface area (Å²) in [5, 5.41) is 1.06. The van der Waals surface area contributed by atoms with E-state index in [1.165, 1.54) is 12.8 Å². The molecule has 1 saturated carbocycles. The van der Waals surface area contributed by atoms with E-state index in [0.717, 1.165) is 47.8 Å². The average molecular weight is 252 g/mol. The van der Waals surface area contributed by atoms with Crippen molar-refractivity contribution < 1.29 is 4.79 Å². The first kappa shape index (κ1) is 12.6. The van der Waals surface area contributed by atoms with Gasteiger partial charge >= 0.3 is 0 Å². The highest BCUT2D eigenvalue weighted by molar-refractivity contribution is 7.17. The molecule has 4 heteroatoms. The molecule has 1 heterocycles. The maximum Gasteiger partial charge on any atom is 0.186 e. The Labute approximate surface area is 107 Å². The number of hydrogen-bond acceptors (Lipinski definition) is 4. The van der Waals surface area contributed by atoms with Crippen LogP contribution in [0, 0.1) is 0 Å². The maximum absolute atomic E-state index is 11.0. The summed E-state index contributed by atoms with van der Waals surface area (Å²) in [5.74, 6) is 0. The molecular weight excluding hydrogens is 232 g/mol. The number of nitrogens with zero attached hydrogens (tertiary/aromatic N) is 2. The van der Waals surface area contributed by atoms with Gasteiger partial charge in [0.15, 0.2) is 11.4 Å². The molecule has 0 atom stereocenters. The molecule has 0 aromatic carbocycles. The van der Waals surface area contributed by atoms with E-state index in [0.29, 0.717) is 6.04 Å². The predicted molar refractivity (Wildman–Crippen MR) is 72.2 cm³/mol. The third kappa shape index (κ3) is 2.86. The van der Waals surface area contributed by atoms with Crippen molar-refractivity contribution in [1.82, 2.24) is 4.98 Å². The fourth-order valence-corrected chi connectivity index (χ4v) is 3.07. The van der Waals surface area contributed by atoms with Crippen LogP contribution in [-0.4, -0.2) is 23.9 Å². The van der Waals surface area contributed by atoms with Gasteiger partial charge in [-0.05, 0) is 25.7 Å². The molecule has 1 aromatic heterocycles. The molecule has 3 nitrogen and oxygen atoms in total. The Morgan fingerprint density at radius 2 is 2.18 bits per heavy atom. The Hall–Kier alpha value is -0.900. The van der Waals surface area contributed by atoms with E-state index in [4.69, 9.17) is 0 Å². The van der Waals surface area contributed by atoms with Gasteiger partial charge in [0.25, 0.3) is 0 Å². The first-order chi connectivity index (χ1) is 8.30. The van der Waals surface area contributed by atoms with Crippen molar-refractivity contribution in [1.29, 1.82) is 0 Å². The lowest BCUT2D eigenvalue weighted by Crippen LogP contribution is -2.26. The van der Waals surface area contributed by atoms with E-state index in [1.807, 2.05) is 0 Å². The number of aryl methyl sites for hydroxylation is 1. The van der Waals surface area contributed by atoms with E-state index in [1.54, 1.807) is 11.3 Å². The summed E-state index contributed by atoms with van der Waals surface area (Å²) < 4.78 is 0. The molecule has 0 aliphatic heterocycles. The minimum Gasteiger partial charge on any atom is -0.345 e. The van der Waals surface area contributed by atoms with Gasteiger partial charge in [-0.1, -0.05) is 31.6 Å². The van der Waals surface area contributed by atoms with Crippen LogP contribution in [0.25, 0.3) is 0 Å². The lowest BCUT2D eigenvalue weighted by Gasteiger charge is -2.20. The number of hydrogen-bond donors (Lipinski definition) is 0. The zero-order valence-corrected chi connectivity index (χ0v) is 11.4. The lowest BCUT2D eigenvalue weighted by atomic mass is 10.2. The van der Waals surface area contributed by atoms with Gasteiger partial charge in [-0.25, -0.2) is 4.98 Å². The molecule has 0 bridgehead atoms. The van der Waals surface area contributed by atoms with Gasteiger partial charge in [0.2, 0.25) is 0 Å². The topological polar surface area (TPSA) is 33.2 Å². The first-order valence-electron chi connectivity index (χ1n) is 6.51. The molecule has 1 aliphatic rings. The van der Waals surface area contributed by atoms with Crippen molar-refractivity contribution in [2.75, 3.05) is 11.4 Å². The zero-order valence-electron chi connectivity index (χ0n) is 10.6. The molecular formula is C13H20N2OS. The highest BCUT2D eigenvalue weighted by Gasteiger charge is 2.30. The summed E-state index contributed by atoms with van der Waals surface area (Å²) in [5.41, 5.74) is 0.990. The fourth-order valence-electron chi connectivity index (χ4n) is 2.04. The van der Waals surface area contributed by atoms with Crippen LogP contribution in [0.5, 0.6) is 0 Å². The second kappa shape index (κ2) is 5.63. The van der Waals surface area contributed by atoms with Crippen LogP contribution < -0.4 is 4.90 Å². The Morgan fingerprint density at radius 3 is 2.71 bits per heavy atom. The SMILES string of the molecule is CCCc1nc(N(CCC)C2CC2)sc1C=O. The lowest BCUT2D eigenvalue weighted by molar-refractivity contribution is 0.112. The summed E-state index contributed by atoms with van der Waals surface area (Å²) in [6.45, 7) is 5.37. The summed E-state index contributed by atoms with van der Waals surface area (Å²) in [7, 11) is 0. The molecule has 0 N–H and O–H groups in total. The second-order valence-electron chi connectivity index (χ2n) is 4.60. The van der Waals surface area contributed by atoms with Gasteiger partial charge in [0.05, 0.1) is 10.6 Å². The largest absolute Gasteiger partial charge is 0.345 e.